The van der Waals surface area contributed by atoms with Gasteiger partial charge in [0, 0.05) is 20.2 Å². The quantitative estimate of drug-likeness (QED) is 0.133. The van der Waals surface area contributed by atoms with Crippen molar-refractivity contribution in [1.29, 1.82) is 0 Å². The maximum atomic E-state index is 6.28. The molecular formula is C33H30Br2Cl2N2S3. The number of rotatable bonds is 11. The largest absolute Gasteiger partial charge is 0.233 e. The molecule has 42 heavy (non-hydrogen) atoms. The van der Waals surface area contributed by atoms with Gasteiger partial charge in [0.2, 0.25) is 0 Å². The second kappa shape index (κ2) is 14.7. The Labute approximate surface area is 287 Å². The highest BCUT2D eigenvalue weighted by Crippen LogP contribution is 2.38. The van der Waals surface area contributed by atoms with Crippen LogP contribution in [0.4, 0.5) is 0 Å². The molecule has 5 rings (SSSR count). The minimum atomic E-state index is 0.532. The van der Waals surface area contributed by atoms with Gasteiger partial charge in [0.1, 0.15) is 0 Å². The van der Waals surface area contributed by atoms with Crippen molar-refractivity contribution in [2.45, 2.75) is 56.2 Å². The molecule has 0 aliphatic heterocycles. The lowest BCUT2D eigenvalue weighted by atomic mass is 9.95. The lowest BCUT2D eigenvalue weighted by molar-refractivity contribution is 0.527. The predicted molar refractivity (Wildman–Crippen MR) is 191 cm³/mol. The summed E-state index contributed by atoms with van der Waals surface area (Å²) in [5, 5.41) is 1.13. The van der Waals surface area contributed by atoms with Gasteiger partial charge in [-0.25, -0.2) is 9.97 Å². The fourth-order valence-electron chi connectivity index (χ4n) is 4.81. The third kappa shape index (κ3) is 8.50. The topological polar surface area (TPSA) is 25.8 Å². The number of aromatic nitrogens is 2. The molecular weight excluding hydrogens is 751 g/mol. The summed E-state index contributed by atoms with van der Waals surface area (Å²) < 4.78 is 1.84. The highest BCUT2D eigenvalue weighted by atomic mass is 79.9. The van der Waals surface area contributed by atoms with Crippen molar-refractivity contribution in [3.8, 4) is 21.7 Å². The Morgan fingerprint density at radius 2 is 1.40 bits per heavy atom. The highest BCUT2D eigenvalue weighted by molar-refractivity contribution is 9.11. The van der Waals surface area contributed by atoms with E-state index in [0.717, 1.165) is 55.3 Å². The van der Waals surface area contributed by atoms with E-state index in [2.05, 4.69) is 101 Å². The Bertz CT molecular complexity index is 1650. The molecule has 0 spiro atoms. The van der Waals surface area contributed by atoms with Crippen molar-refractivity contribution >= 4 is 89.5 Å². The smallest absolute Gasteiger partial charge is 0.160 e. The molecule has 0 radical (unpaired) electrons. The van der Waals surface area contributed by atoms with Crippen LogP contribution in [0.3, 0.4) is 0 Å². The van der Waals surface area contributed by atoms with Gasteiger partial charge in [-0.15, -0.1) is 22.7 Å². The van der Waals surface area contributed by atoms with Gasteiger partial charge in [0.15, 0.2) is 7.83 Å². The Morgan fingerprint density at radius 3 is 2.07 bits per heavy atom. The van der Waals surface area contributed by atoms with Crippen LogP contribution in [0.15, 0.2) is 84.4 Å². The molecule has 218 valence electrons. The number of halogens is 4. The maximum absolute atomic E-state index is 6.28. The van der Waals surface area contributed by atoms with E-state index in [1.807, 2.05) is 18.2 Å². The lowest BCUT2D eigenvalue weighted by Crippen LogP contribution is -2.02. The molecule has 0 bridgehead atoms. The summed E-state index contributed by atoms with van der Waals surface area (Å²) in [6.07, 6.45) is 4.05. The van der Waals surface area contributed by atoms with Crippen molar-refractivity contribution in [1.82, 2.24) is 9.97 Å². The molecule has 0 fully saturated rings. The van der Waals surface area contributed by atoms with Crippen LogP contribution in [0.1, 0.15) is 43.3 Å². The van der Waals surface area contributed by atoms with E-state index < -0.39 is 0 Å². The second-order valence-corrected chi connectivity index (χ2v) is 17.4. The number of aryl methyl sites for hydroxylation is 1. The molecule has 0 saturated heterocycles. The summed E-state index contributed by atoms with van der Waals surface area (Å²) in [5.41, 5.74) is 5.80. The number of nitrogens with zero attached hydrogens (tertiary/aromatic N) is 2. The second-order valence-electron chi connectivity index (χ2n) is 10.8. The van der Waals surface area contributed by atoms with Gasteiger partial charge < -0.3 is 0 Å². The summed E-state index contributed by atoms with van der Waals surface area (Å²) in [5.74, 6) is 1.13. The van der Waals surface area contributed by atoms with Crippen LogP contribution >= 0.6 is 89.5 Å². The van der Waals surface area contributed by atoms with Gasteiger partial charge in [0.25, 0.3) is 0 Å². The minimum absolute atomic E-state index is 0.532. The van der Waals surface area contributed by atoms with Crippen LogP contribution < -0.4 is 0 Å². The molecule has 2 aromatic heterocycles. The zero-order valence-electron chi connectivity index (χ0n) is 23.5. The van der Waals surface area contributed by atoms with Crippen LogP contribution in [0, 0.1) is 11.8 Å². The first-order valence-electron chi connectivity index (χ1n) is 13.8. The van der Waals surface area contributed by atoms with Gasteiger partial charge in [-0.05, 0) is 117 Å². The first kappa shape index (κ1) is 32.2. The molecule has 0 aliphatic rings. The normalized spacial score (nSPS) is 12.3. The van der Waals surface area contributed by atoms with E-state index in [4.69, 9.17) is 33.2 Å². The Morgan fingerprint density at radius 1 is 0.762 bits per heavy atom. The predicted octanol–water partition coefficient (Wildman–Crippen LogP) is 12.9. The molecule has 5 aromatic rings. The van der Waals surface area contributed by atoms with Crippen LogP contribution in [0.5, 0.6) is 0 Å². The van der Waals surface area contributed by atoms with E-state index in [0.29, 0.717) is 21.9 Å². The van der Waals surface area contributed by atoms with E-state index in [9.17, 15) is 0 Å². The molecule has 0 aliphatic carbocycles. The third-order valence-electron chi connectivity index (χ3n) is 6.86. The Kier molecular flexibility index (Phi) is 11.3. The van der Waals surface area contributed by atoms with Gasteiger partial charge in [-0.1, -0.05) is 86.1 Å². The molecule has 2 heterocycles. The van der Waals surface area contributed by atoms with Crippen molar-refractivity contribution in [2.75, 3.05) is 0 Å². The molecule has 0 saturated carbocycles. The van der Waals surface area contributed by atoms with Gasteiger partial charge in [-0.2, -0.15) is 0 Å². The van der Waals surface area contributed by atoms with Crippen molar-refractivity contribution < 1.29 is 0 Å². The molecule has 2 nitrogen and oxygen atoms in total. The van der Waals surface area contributed by atoms with Crippen LogP contribution in [-0.4, -0.2) is 9.97 Å². The van der Waals surface area contributed by atoms with Crippen molar-refractivity contribution in [3.05, 3.63) is 101 Å². The lowest BCUT2D eigenvalue weighted by Gasteiger charge is -2.12. The molecule has 0 amide bonds. The van der Waals surface area contributed by atoms with Gasteiger partial charge >= 0.3 is 0 Å². The molecule has 0 N–H and O–H groups in total. The molecule has 3 aromatic carbocycles. The molecule has 9 heteroatoms. The standard InChI is InChI=1S/C33H30Br2Cl2N2S3/c1-19(2)16-29-30(39-33(35)41-29)22-7-12-25(13-8-22)40-24-10-5-21(6-11-24)17-20(3)4-15-28-31(42-32(34)38-28)23-9-14-26(36)27(37)18-23/h5-14,18-20H,4,15-17H2,1-3H3. The van der Waals surface area contributed by atoms with E-state index in [1.54, 1.807) is 34.4 Å². The number of hydrogen-bond donors (Lipinski definition) is 0. The average Bonchev–Trinajstić information content (AvgIpc) is 3.51. The molecule has 1 unspecified atom stereocenters. The zero-order chi connectivity index (χ0) is 29.8. The van der Waals surface area contributed by atoms with E-state index in [1.165, 1.54) is 25.8 Å². The van der Waals surface area contributed by atoms with Crippen LogP contribution in [-0.2, 0) is 19.3 Å². The van der Waals surface area contributed by atoms with Gasteiger partial charge in [0.05, 0.1) is 26.3 Å². The average molecular weight is 782 g/mol. The SMILES string of the molecule is CC(C)Cc1sc(Br)nc1-c1ccc(Sc2ccc(CC(C)CCc3nc(Br)sc3-c3ccc(Cl)c(Cl)c3)cc2)cc1. The van der Waals surface area contributed by atoms with E-state index >= 15 is 0 Å². The molecule has 1 atom stereocenters. The fourth-order valence-corrected chi connectivity index (χ4v) is 9.24. The summed E-state index contributed by atoms with van der Waals surface area (Å²) in [4.78, 5) is 14.5. The summed E-state index contributed by atoms with van der Waals surface area (Å²) in [7, 11) is 0. The highest BCUT2D eigenvalue weighted by Gasteiger charge is 2.16. The van der Waals surface area contributed by atoms with Crippen LogP contribution in [0.25, 0.3) is 21.7 Å². The number of hydrogen-bond acceptors (Lipinski definition) is 5. The van der Waals surface area contributed by atoms with Crippen molar-refractivity contribution in [2.24, 2.45) is 11.8 Å². The van der Waals surface area contributed by atoms with E-state index in [-0.39, 0.29) is 0 Å². The summed E-state index contributed by atoms with van der Waals surface area (Å²) >= 11 is 24.7. The van der Waals surface area contributed by atoms with Gasteiger partial charge in [-0.3, -0.25) is 0 Å². The summed E-state index contributed by atoms with van der Waals surface area (Å²) in [6, 6.07) is 23.6. The Hall–Kier alpha value is -1.19. The zero-order valence-corrected chi connectivity index (χ0v) is 30.6. The van der Waals surface area contributed by atoms with Crippen LogP contribution in [0.2, 0.25) is 10.0 Å². The fraction of sp³-hybridized carbons (Fsp3) is 0.273. The Balaban J connectivity index is 1.16. The number of benzene rings is 3. The first-order chi connectivity index (χ1) is 20.1. The van der Waals surface area contributed by atoms with Crippen molar-refractivity contribution in [3.63, 3.8) is 0 Å². The monoisotopic (exact) mass is 778 g/mol. The minimum Gasteiger partial charge on any atom is -0.233 e. The summed E-state index contributed by atoms with van der Waals surface area (Å²) in [6.45, 7) is 6.82. The maximum Gasteiger partial charge on any atom is 0.160 e. The first-order valence-corrected chi connectivity index (χ1v) is 18.6. The third-order valence-corrected chi connectivity index (χ3v) is 11.7. The number of thiazole rings is 2.